The van der Waals surface area contributed by atoms with Gasteiger partial charge in [0.05, 0.1) is 7.11 Å². The van der Waals surface area contributed by atoms with Crippen molar-refractivity contribution < 1.29 is 9.53 Å². The zero-order valence-electron chi connectivity index (χ0n) is 11.9. The Morgan fingerprint density at radius 2 is 1.75 bits per heavy atom. The van der Waals surface area contributed by atoms with Gasteiger partial charge in [0.25, 0.3) is 0 Å². The molecule has 2 nitrogen and oxygen atoms in total. The first-order valence-electron chi connectivity index (χ1n) is 6.43. The van der Waals surface area contributed by atoms with E-state index in [9.17, 15) is 4.79 Å². The van der Waals surface area contributed by atoms with Crippen LogP contribution in [-0.2, 0) is 6.42 Å². The van der Waals surface area contributed by atoms with Crippen molar-refractivity contribution in [2.45, 2.75) is 20.3 Å². The molecule has 0 aromatic heterocycles. The molecule has 20 heavy (non-hydrogen) atoms. The molecule has 0 saturated heterocycles. The third kappa shape index (κ3) is 3.48. The number of carbonyl (C=O) groups excluding carboxylic acids is 1. The van der Waals surface area contributed by atoms with E-state index in [2.05, 4.69) is 22.0 Å². The molecule has 0 bridgehead atoms. The summed E-state index contributed by atoms with van der Waals surface area (Å²) < 4.78 is 6.13. The van der Waals surface area contributed by atoms with Gasteiger partial charge in [0, 0.05) is 16.5 Å². The first kappa shape index (κ1) is 14.8. The summed E-state index contributed by atoms with van der Waals surface area (Å²) in [5.74, 6) is 0.877. The average Bonchev–Trinajstić information content (AvgIpc) is 2.40. The molecule has 0 N–H and O–H groups in total. The second-order valence-electron chi connectivity index (χ2n) is 4.93. The molecule has 0 heterocycles. The van der Waals surface area contributed by atoms with Crippen LogP contribution in [0.1, 0.15) is 27.0 Å². The second kappa shape index (κ2) is 6.23. The minimum Gasteiger partial charge on any atom is -0.497 e. The predicted octanol–water partition coefficient (Wildman–Crippen LogP) is 4.50. The van der Waals surface area contributed by atoms with Crippen molar-refractivity contribution in [2.24, 2.45) is 0 Å². The topological polar surface area (TPSA) is 26.3 Å². The number of benzene rings is 2. The Labute approximate surface area is 127 Å². The fraction of sp³-hybridized carbons (Fsp3) is 0.235. The Kier molecular flexibility index (Phi) is 4.61. The molecule has 0 atom stereocenters. The standard InChI is InChI=1S/C17H17BrO2/c1-11-6-12(2)8-14(7-11)17(19)10-13-9-15(20-3)4-5-16(13)18/h4-9H,10H2,1-3H3. The number of methoxy groups -OCH3 is 1. The lowest BCUT2D eigenvalue weighted by Gasteiger charge is -2.08. The molecule has 0 amide bonds. The summed E-state index contributed by atoms with van der Waals surface area (Å²) in [6.07, 6.45) is 0.362. The Bertz CT molecular complexity index is 627. The Morgan fingerprint density at radius 3 is 2.35 bits per heavy atom. The van der Waals surface area contributed by atoms with Crippen LogP contribution >= 0.6 is 15.9 Å². The number of hydrogen-bond donors (Lipinski definition) is 0. The summed E-state index contributed by atoms with van der Waals surface area (Å²) in [6.45, 7) is 4.01. The number of Topliss-reactive ketones (excluding diaryl/α,β-unsaturated/α-hetero) is 1. The summed E-state index contributed by atoms with van der Waals surface area (Å²) in [5.41, 5.74) is 3.92. The van der Waals surface area contributed by atoms with Crippen molar-refractivity contribution in [3.63, 3.8) is 0 Å². The smallest absolute Gasteiger partial charge is 0.167 e. The highest BCUT2D eigenvalue weighted by molar-refractivity contribution is 9.10. The minimum absolute atomic E-state index is 0.116. The maximum atomic E-state index is 12.4. The van der Waals surface area contributed by atoms with Crippen LogP contribution in [0.3, 0.4) is 0 Å². The molecule has 0 aliphatic rings. The van der Waals surface area contributed by atoms with Crippen molar-refractivity contribution in [3.8, 4) is 5.75 Å². The van der Waals surface area contributed by atoms with Gasteiger partial charge in [-0.1, -0.05) is 33.1 Å². The molecule has 3 heteroatoms. The highest BCUT2D eigenvalue weighted by Crippen LogP contribution is 2.24. The van der Waals surface area contributed by atoms with E-state index in [1.807, 2.05) is 44.2 Å². The number of ketones is 1. The van der Waals surface area contributed by atoms with E-state index >= 15 is 0 Å². The van der Waals surface area contributed by atoms with Crippen molar-refractivity contribution >= 4 is 21.7 Å². The maximum Gasteiger partial charge on any atom is 0.167 e. The lowest BCUT2D eigenvalue weighted by Crippen LogP contribution is -2.05. The molecule has 0 saturated carbocycles. The van der Waals surface area contributed by atoms with Gasteiger partial charge in [0.2, 0.25) is 0 Å². The lowest BCUT2D eigenvalue weighted by atomic mass is 9.99. The zero-order valence-corrected chi connectivity index (χ0v) is 13.5. The molecule has 0 fully saturated rings. The average molecular weight is 333 g/mol. The summed E-state index contributed by atoms with van der Waals surface area (Å²) >= 11 is 3.48. The van der Waals surface area contributed by atoms with Gasteiger partial charge in [-0.2, -0.15) is 0 Å². The van der Waals surface area contributed by atoms with Crippen LogP contribution < -0.4 is 4.74 Å². The van der Waals surface area contributed by atoms with E-state index in [0.717, 1.165) is 32.5 Å². The third-order valence-electron chi connectivity index (χ3n) is 3.15. The molecule has 0 aliphatic heterocycles. The SMILES string of the molecule is COc1ccc(Br)c(CC(=O)c2cc(C)cc(C)c2)c1. The second-order valence-corrected chi connectivity index (χ2v) is 5.79. The van der Waals surface area contributed by atoms with Crippen molar-refractivity contribution in [1.82, 2.24) is 0 Å². The molecule has 104 valence electrons. The van der Waals surface area contributed by atoms with Crippen LogP contribution in [-0.4, -0.2) is 12.9 Å². The Balaban J connectivity index is 2.27. The fourth-order valence-corrected chi connectivity index (χ4v) is 2.61. The molecule has 2 rings (SSSR count). The first-order valence-corrected chi connectivity index (χ1v) is 7.23. The van der Waals surface area contributed by atoms with Gasteiger partial charge in [-0.3, -0.25) is 4.79 Å². The number of carbonyl (C=O) groups is 1. The van der Waals surface area contributed by atoms with E-state index in [1.165, 1.54) is 0 Å². The molecular weight excluding hydrogens is 316 g/mol. The molecule has 0 radical (unpaired) electrons. The number of rotatable bonds is 4. The number of hydrogen-bond acceptors (Lipinski definition) is 2. The largest absolute Gasteiger partial charge is 0.497 e. The highest BCUT2D eigenvalue weighted by atomic mass is 79.9. The summed E-state index contributed by atoms with van der Waals surface area (Å²) in [6, 6.07) is 11.6. The molecule has 0 aliphatic carbocycles. The Morgan fingerprint density at radius 1 is 1.10 bits per heavy atom. The Hall–Kier alpha value is -1.61. The van der Waals surface area contributed by atoms with Crippen LogP contribution in [0.25, 0.3) is 0 Å². The molecule has 2 aromatic carbocycles. The van der Waals surface area contributed by atoms with E-state index in [-0.39, 0.29) is 5.78 Å². The van der Waals surface area contributed by atoms with Gasteiger partial charge in [0.15, 0.2) is 5.78 Å². The normalized spacial score (nSPS) is 10.4. The number of aryl methyl sites for hydroxylation is 2. The van der Waals surface area contributed by atoms with Gasteiger partial charge in [0.1, 0.15) is 5.75 Å². The summed E-state index contributed by atoms with van der Waals surface area (Å²) in [5, 5.41) is 0. The van der Waals surface area contributed by atoms with Crippen LogP contribution in [0.2, 0.25) is 0 Å². The third-order valence-corrected chi connectivity index (χ3v) is 3.92. The number of ether oxygens (including phenoxy) is 1. The predicted molar refractivity (Wildman–Crippen MR) is 84.6 cm³/mol. The van der Waals surface area contributed by atoms with Crippen LogP contribution in [0, 0.1) is 13.8 Å². The highest BCUT2D eigenvalue weighted by Gasteiger charge is 2.11. The monoisotopic (exact) mass is 332 g/mol. The molecular formula is C17H17BrO2. The molecule has 0 unspecified atom stereocenters. The van der Waals surface area contributed by atoms with E-state index in [0.29, 0.717) is 6.42 Å². The van der Waals surface area contributed by atoms with Crippen LogP contribution in [0.4, 0.5) is 0 Å². The summed E-state index contributed by atoms with van der Waals surface area (Å²) in [4.78, 5) is 12.4. The van der Waals surface area contributed by atoms with Gasteiger partial charge in [-0.05, 0) is 49.7 Å². The minimum atomic E-state index is 0.116. The number of halogens is 1. The molecule has 2 aromatic rings. The van der Waals surface area contributed by atoms with Gasteiger partial charge >= 0.3 is 0 Å². The first-order chi connectivity index (χ1) is 9.49. The fourth-order valence-electron chi connectivity index (χ4n) is 2.22. The van der Waals surface area contributed by atoms with Crippen molar-refractivity contribution in [3.05, 3.63) is 63.1 Å². The lowest BCUT2D eigenvalue weighted by molar-refractivity contribution is 0.0992. The van der Waals surface area contributed by atoms with Crippen molar-refractivity contribution in [2.75, 3.05) is 7.11 Å². The van der Waals surface area contributed by atoms with Crippen LogP contribution in [0.15, 0.2) is 40.9 Å². The van der Waals surface area contributed by atoms with E-state index in [1.54, 1.807) is 7.11 Å². The van der Waals surface area contributed by atoms with Crippen LogP contribution in [0.5, 0.6) is 5.75 Å². The van der Waals surface area contributed by atoms with Gasteiger partial charge in [-0.25, -0.2) is 0 Å². The van der Waals surface area contributed by atoms with Crippen molar-refractivity contribution in [1.29, 1.82) is 0 Å². The maximum absolute atomic E-state index is 12.4. The summed E-state index contributed by atoms with van der Waals surface area (Å²) in [7, 11) is 1.62. The van der Waals surface area contributed by atoms with E-state index in [4.69, 9.17) is 4.74 Å². The molecule has 0 spiro atoms. The quantitative estimate of drug-likeness (QED) is 0.770. The van der Waals surface area contributed by atoms with Gasteiger partial charge in [-0.15, -0.1) is 0 Å². The van der Waals surface area contributed by atoms with E-state index < -0.39 is 0 Å². The zero-order chi connectivity index (χ0) is 14.7. The van der Waals surface area contributed by atoms with Gasteiger partial charge < -0.3 is 4.74 Å².